The molecule has 1 aromatic heterocycles. The van der Waals surface area contributed by atoms with Gasteiger partial charge in [0, 0.05) is 37.2 Å². The molecule has 2 saturated heterocycles. The second-order valence-electron chi connectivity index (χ2n) is 7.48. The summed E-state index contributed by atoms with van der Waals surface area (Å²) in [6.07, 6.45) is 1.02. The number of aromatic nitrogens is 1. The maximum Gasteiger partial charge on any atom is 0.226 e. The highest BCUT2D eigenvalue weighted by atomic mass is 16.5. The number of rotatable bonds is 5. The van der Waals surface area contributed by atoms with Gasteiger partial charge < -0.3 is 19.0 Å². The van der Waals surface area contributed by atoms with E-state index in [2.05, 4.69) is 4.90 Å². The van der Waals surface area contributed by atoms with Gasteiger partial charge in [-0.3, -0.25) is 4.90 Å². The minimum Gasteiger partial charge on any atom is -0.497 e. The normalized spacial score (nSPS) is 26.0. The van der Waals surface area contributed by atoms with Crippen LogP contribution in [0.25, 0.3) is 11.5 Å². The summed E-state index contributed by atoms with van der Waals surface area (Å²) in [6, 6.07) is 7.72. The van der Waals surface area contributed by atoms with Gasteiger partial charge in [-0.05, 0) is 43.5 Å². The molecule has 1 N–H and O–H groups in total. The van der Waals surface area contributed by atoms with E-state index in [1.165, 1.54) is 0 Å². The maximum absolute atomic E-state index is 9.93. The van der Waals surface area contributed by atoms with E-state index in [-0.39, 0.29) is 12.0 Å². The number of aliphatic hydroxyl groups excluding tert-OH is 1. The molecule has 4 rings (SSSR count). The van der Waals surface area contributed by atoms with Crippen molar-refractivity contribution in [3.63, 3.8) is 0 Å². The van der Waals surface area contributed by atoms with Gasteiger partial charge in [0.2, 0.25) is 5.89 Å². The number of aliphatic hydroxyl groups is 1. The number of likely N-dealkylation sites (tertiary alicyclic amines) is 1. The predicted molar refractivity (Wildman–Crippen MR) is 96.9 cm³/mol. The van der Waals surface area contributed by atoms with E-state index in [9.17, 15) is 5.11 Å². The minimum atomic E-state index is -0.116. The maximum atomic E-state index is 9.93. The summed E-state index contributed by atoms with van der Waals surface area (Å²) in [6.45, 7) is 6.16. The van der Waals surface area contributed by atoms with Crippen LogP contribution in [0.4, 0.5) is 0 Å². The molecule has 2 aliphatic heterocycles. The van der Waals surface area contributed by atoms with Gasteiger partial charge in [-0.1, -0.05) is 0 Å². The number of aryl methyl sites for hydroxylation is 1. The summed E-state index contributed by atoms with van der Waals surface area (Å²) in [7, 11) is 1.65. The largest absolute Gasteiger partial charge is 0.497 e. The highest BCUT2D eigenvalue weighted by Gasteiger charge is 2.48. The van der Waals surface area contributed by atoms with Gasteiger partial charge in [0.15, 0.2) is 0 Å². The summed E-state index contributed by atoms with van der Waals surface area (Å²) in [5.41, 5.74) is 1.79. The molecule has 6 nitrogen and oxygen atoms in total. The Balaban J connectivity index is 1.49. The number of oxazole rings is 1. The van der Waals surface area contributed by atoms with Crippen molar-refractivity contribution in [2.75, 3.05) is 40.0 Å². The molecular formula is C20H26N2O4. The van der Waals surface area contributed by atoms with E-state index in [1.54, 1.807) is 7.11 Å². The third-order valence-electron chi connectivity index (χ3n) is 5.80. The van der Waals surface area contributed by atoms with E-state index in [0.29, 0.717) is 18.4 Å². The van der Waals surface area contributed by atoms with Crippen molar-refractivity contribution >= 4 is 0 Å². The molecule has 0 spiro atoms. The van der Waals surface area contributed by atoms with E-state index in [1.807, 2.05) is 31.2 Å². The van der Waals surface area contributed by atoms with E-state index < -0.39 is 0 Å². The Morgan fingerprint density at radius 3 is 2.85 bits per heavy atom. The first-order valence-corrected chi connectivity index (χ1v) is 9.15. The van der Waals surface area contributed by atoms with Gasteiger partial charge >= 0.3 is 0 Å². The zero-order valence-electron chi connectivity index (χ0n) is 15.4. The van der Waals surface area contributed by atoms with Gasteiger partial charge in [-0.15, -0.1) is 0 Å². The number of ether oxygens (including phenoxy) is 2. The first-order chi connectivity index (χ1) is 12.6. The monoisotopic (exact) mass is 358 g/mol. The van der Waals surface area contributed by atoms with Crippen LogP contribution in [-0.2, 0) is 11.3 Å². The molecule has 0 bridgehead atoms. The summed E-state index contributed by atoms with van der Waals surface area (Å²) >= 11 is 0. The average molecular weight is 358 g/mol. The molecule has 0 saturated carbocycles. The first-order valence-electron chi connectivity index (χ1n) is 9.15. The Bertz CT molecular complexity index is 758. The lowest BCUT2D eigenvalue weighted by molar-refractivity contribution is -0.0561. The number of hydrogen-bond donors (Lipinski definition) is 1. The Kier molecular flexibility index (Phi) is 4.73. The standard InChI is InChI=1S/C20H26N2O4/c1-14-18(21-19(26-14)15-3-5-17(24-2)6-4-15)10-22-9-16-7-8-25-13-20(16,11-22)12-23/h3-6,16,23H,7-13H2,1-2H3/t16-,20+/m0/s1. The van der Waals surface area contributed by atoms with Gasteiger partial charge in [0.25, 0.3) is 0 Å². The molecule has 140 valence electrons. The molecule has 26 heavy (non-hydrogen) atoms. The van der Waals surface area contributed by atoms with Crippen LogP contribution in [-0.4, -0.2) is 55.0 Å². The molecule has 2 aromatic rings. The van der Waals surface area contributed by atoms with Crippen molar-refractivity contribution in [2.45, 2.75) is 19.9 Å². The van der Waals surface area contributed by atoms with Crippen molar-refractivity contribution in [3.8, 4) is 17.2 Å². The third-order valence-corrected chi connectivity index (χ3v) is 5.80. The lowest BCUT2D eigenvalue weighted by atomic mass is 9.76. The quantitative estimate of drug-likeness (QED) is 0.886. The summed E-state index contributed by atoms with van der Waals surface area (Å²) in [5.74, 6) is 2.79. The smallest absolute Gasteiger partial charge is 0.226 e. The van der Waals surface area contributed by atoms with Crippen molar-refractivity contribution < 1.29 is 19.0 Å². The van der Waals surface area contributed by atoms with E-state index >= 15 is 0 Å². The summed E-state index contributed by atoms with van der Waals surface area (Å²) in [5, 5.41) is 9.93. The third kappa shape index (κ3) is 3.13. The fourth-order valence-corrected chi connectivity index (χ4v) is 4.20. The molecule has 0 aliphatic carbocycles. The zero-order valence-corrected chi connectivity index (χ0v) is 15.4. The fraction of sp³-hybridized carbons (Fsp3) is 0.550. The van der Waals surface area contributed by atoms with Gasteiger partial charge in [0.1, 0.15) is 11.5 Å². The minimum absolute atomic E-state index is 0.116. The van der Waals surface area contributed by atoms with Crippen LogP contribution in [0.1, 0.15) is 17.9 Å². The Labute approximate surface area is 153 Å². The lowest BCUT2D eigenvalue weighted by Crippen LogP contribution is -2.42. The van der Waals surface area contributed by atoms with Gasteiger partial charge in [-0.25, -0.2) is 4.98 Å². The van der Waals surface area contributed by atoms with Crippen LogP contribution in [0.15, 0.2) is 28.7 Å². The molecule has 2 aliphatic rings. The Morgan fingerprint density at radius 2 is 2.15 bits per heavy atom. The molecular weight excluding hydrogens is 332 g/mol. The van der Waals surface area contributed by atoms with Gasteiger partial charge in [-0.2, -0.15) is 0 Å². The molecule has 2 fully saturated rings. The second-order valence-corrected chi connectivity index (χ2v) is 7.48. The van der Waals surface area contributed by atoms with Crippen LogP contribution >= 0.6 is 0 Å². The van der Waals surface area contributed by atoms with Crippen molar-refractivity contribution in [3.05, 3.63) is 35.7 Å². The van der Waals surface area contributed by atoms with Crippen LogP contribution < -0.4 is 4.74 Å². The Hall–Kier alpha value is -1.89. The lowest BCUT2D eigenvalue weighted by Gasteiger charge is -2.36. The molecule has 3 heterocycles. The highest BCUT2D eigenvalue weighted by molar-refractivity contribution is 5.55. The molecule has 1 aromatic carbocycles. The summed E-state index contributed by atoms with van der Waals surface area (Å²) in [4.78, 5) is 7.10. The first kappa shape index (κ1) is 17.5. The van der Waals surface area contributed by atoms with Crippen LogP contribution in [0, 0.1) is 18.3 Å². The summed E-state index contributed by atoms with van der Waals surface area (Å²) < 4.78 is 16.8. The van der Waals surface area contributed by atoms with Crippen LogP contribution in [0.2, 0.25) is 0 Å². The number of fused-ring (bicyclic) bond motifs is 1. The molecule has 0 radical (unpaired) electrons. The topological polar surface area (TPSA) is 68.0 Å². The molecule has 2 atom stereocenters. The Morgan fingerprint density at radius 1 is 1.35 bits per heavy atom. The highest BCUT2D eigenvalue weighted by Crippen LogP contribution is 2.41. The number of benzene rings is 1. The van der Waals surface area contributed by atoms with Crippen LogP contribution in [0.3, 0.4) is 0 Å². The average Bonchev–Trinajstić information content (AvgIpc) is 3.22. The number of methoxy groups -OCH3 is 1. The van der Waals surface area contributed by atoms with Gasteiger partial charge in [0.05, 0.1) is 26.0 Å². The predicted octanol–water partition coefficient (Wildman–Crippen LogP) is 2.49. The zero-order chi connectivity index (χ0) is 18.1. The second kappa shape index (κ2) is 7.02. The van der Waals surface area contributed by atoms with E-state index in [0.717, 1.165) is 55.4 Å². The van der Waals surface area contributed by atoms with Crippen molar-refractivity contribution in [1.82, 2.24) is 9.88 Å². The number of hydrogen-bond acceptors (Lipinski definition) is 6. The molecule has 6 heteroatoms. The molecule has 0 amide bonds. The van der Waals surface area contributed by atoms with Crippen molar-refractivity contribution in [1.29, 1.82) is 0 Å². The van der Waals surface area contributed by atoms with Crippen LogP contribution in [0.5, 0.6) is 5.75 Å². The van der Waals surface area contributed by atoms with E-state index in [4.69, 9.17) is 18.9 Å². The van der Waals surface area contributed by atoms with Crippen molar-refractivity contribution in [2.24, 2.45) is 11.3 Å². The number of nitrogens with zero attached hydrogens (tertiary/aromatic N) is 2. The SMILES string of the molecule is COc1ccc(-c2nc(CN3C[C@@H]4CCOC[C@]4(CO)C3)c(C)o2)cc1. The molecule has 0 unspecified atom stereocenters. The fourth-order valence-electron chi connectivity index (χ4n) is 4.20.